The van der Waals surface area contributed by atoms with Gasteiger partial charge in [-0.3, -0.25) is 0 Å². The van der Waals surface area contributed by atoms with Gasteiger partial charge in [-0.15, -0.1) is 0 Å². The molecule has 0 spiro atoms. The lowest BCUT2D eigenvalue weighted by atomic mass is 10.1. The van der Waals surface area contributed by atoms with Crippen molar-refractivity contribution in [2.45, 2.75) is 6.54 Å². The third-order valence-corrected chi connectivity index (χ3v) is 2.17. The van der Waals surface area contributed by atoms with Gasteiger partial charge in [-0.2, -0.15) is 5.10 Å². The Balaban J connectivity index is 2.32. The lowest BCUT2D eigenvalue weighted by Gasteiger charge is -2.05. The third-order valence-electron chi connectivity index (χ3n) is 2.17. The Hall–Kier alpha value is -2.44. The number of nitrogens with two attached hydrogens (primary N) is 1. The molecule has 0 aliphatic rings. The Kier molecular flexibility index (Phi) is 2.99. The summed E-state index contributed by atoms with van der Waals surface area (Å²) in [5.41, 5.74) is 6.38. The van der Waals surface area contributed by atoms with Gasteiger partial charge in [-0.25, -0.2) is 14.1 Å². The molecule has 0 aliphatic carbocycles. The second kappa shape index (κ2) is 4.60. The topological polar surface area (TPSA) is 89.3 Å². The molecule has 1 heterocycles. The van der Waals surface area contributed by atoms with Gasteiger partial charge in [-0.05, 0) is 23.8 Å². The Morgan fingerprint density at radius 1 is 1.47 bits per heavy atom. The van der Waals surface area contributed by atoms with Gasteiger partial charge in [0.1, 0.15) is 18.5 Å². The van der Waals surface area contributed by atoms with Crippen LogP contribution in [0.4, 0.5) is 4.39 Å². The lowest BCUT2D eigenvalue weighted by molar-refractivity contribution is 0.318. The second-order valence-electron chi connectivity index (χ2n) is 3.43. The number of hydrogen-bond acceptors (Lipinski definition) is 4. The molecule has 1 aromatic heterocycles. The van der Waals surface area contributed by atoms with E-state index in [4.69, 9.17) is 10.9 Å². The van der Waals surface area contributed by atoms with Gasteiger partial charge in [-0.1, -0.05) is 5.16 Å². The maximum Gasteiger partial charge on any atom is 0.170 e. The van der Waals surface area contributed by atoms with Crippen LogP contribution in [-0.4, -0.2) is 25.8 Å². The van der Waals surface area contributed by atoms with Crippen molar-refractivity contribution in [3.05, 3.63) is 47.8 Å². The Labute approximate surface area is 96.2 Å². The molecular weight excluding hydrogens is 225 g/mol. The number of rotatable bonds is 3. The van der Waals surface area contributed by atoms with Crippen molar-refractivity contribution in [3.8, 4) is 0 Å². The summed E-state index contributed by atoms with van der Waals surface area (Å²) in [5, 5.41) is 15.3. The van der Waals surface area contributed by atoms with E-state index in [1.165, 1.54) is 24.8 Å². The van der Waals surface area contributed by atoms with E-state index >= 15 is 0 Å². The van der Waals surface area contributed by atoms with Crippen molar-refractivity contribution in [1.29, 1.82) is 0 Å². The zero-order valence-electron chi connectivity index (χ0n) is 8.79. The SMILES string of the molecule is N/C(=N/O)c1cc(F)cc(Cn2cncn2)c1. The molecule has 3 N–H and O–H groups in total. The van der Waals surface area contributed by atoms with E-state index in [1.807, 2.05) is 0 Å². The number of nitrogens with zero attached hydrogens (tertiary/aromatic N) is 4. The van der Waals surface area contributed by atoms with Gasteiger partial charge in [0.15, 0.2) is 5.84 Å². The first-order valence-electron chi connectivity index (χ1n) is 4.79. The summed E-state index contributed by atoms with van der Waals surface area (Å²) in [6.07, 6.45) is 2.91. The summed E-state index contributed by atoms with van der Waals surface area (Å²) in [7, 11) is 0. The molecule has 7 heteroatoms. The Bertz CT molecular complexity index is 538. The predicted octanol–water partition coefficient (Wildman–Crippen LogP) is 0.560. The van der Waals surface area contributed by atoms with E-state index in [0.29, 0.717) is 17.7 Å². The van der Waals surface area contributed by atoms with Crippen LogP contribution in [0.25, 0.3) is 0 Å². The molecule has 0 amide bonds. The van der Waals surface area contributed by atoms with Crippen LogP contribution in [0.3, 0.4) is 0 Å². The van der Waals surface area contributed by atoms with Gasteiger partial charge >= 0.3 is 0 Å². The summed E-state index contributed by atoms with van der Waals surface area (Å²) < 4.78 is 14.9. The van der Waals surface area contributed by atoms with Crippen LogP contribution in [0.2, 0.25) is 0 Å². The minimum absolute atomic E-state index is 0.135. The molecule has 17 heavy (non-hydrogen) atoms. The normalized spacial score (nSPS) is 11.7. The van der Waals surface area contributed by atoms with E-state index in [0.717, 1.165) is 0 Å². The average molecular weight is 235 g/mol. The van der Waals surface area contributed by atoms with Gasteiger partial charge in [0, 0.05) is 5.56 Å². The molecule has 0 unspecified atom stereocenters. The van der Waals surface area contributed by atoms with Crippen molar-refractivity contribution in [2.24, 2.45) is 10.9 Å². The summed E-state index contributed by atoms with van der Waals surface area (Å²) in [4.78, 5) is 3.78. The monoisotopic (exact) mass is 235 g/mol. The minimum Gasteiger partial charge on any atom is -0.409 e. The fraction of sp³-hybridized carbons (Fsp3) is 0.100. The standard InChI is InChI=1S/C10H10FN5O/c11-9-2-7(4-16-6-13-5-14-16)1-8(3-9)10(12)15-17/h1-3,5-6,17H,4H2,(H2,12,15). The molecule has 0 saturated carbocycles. The summed E-state index contributed by atoms with van der Waals surface area (Å²) in [5.74, 6) is -0.589. The number of halogens is 1. The lowest BCUT2D eigenvalue weighted by Crippen LogP contribution is -2.14. The van der Waals surface area contributed by atoms with Crippen molar-refractivity contribution in [1.82, 2.24) is 14.8 Å². The van der Waals surface area contributed by atoms with E-state index in [1.54, 1.807) is 10.7 Å². The fourth-order valence-corrected chi connectivity index (χ4v) is 1.45. The number of oxime groups is 1. The molecule has 88 valence electrons. The highest BCUT2D eigenvalue weighted by molar-refractivity contribution is 5.97. The zero-order chi connectivity index (χ0) is 12.3. The van der Waals surface area contributed by atoms with E-state index in [-0.39, 0.29) is 5.84 Å². The van der Waals surface area contributed by atoms with E-state index in [9.17, 15) is 4.39 Å². The van der Waals surface area contributed by atoms with Crippen LogP contribution in [0.15, 0.2) is 36.0 Å². The van der Waals surface area contributed by atoms with Crippen LogP contribution in [0.5, 0.6) is 0 Å². The molecule has 0 atom stereocenters. The van der Waals surface area contributed by atoms with Crippen molar-refractivity contribution < 1.29 is 9.60 Å². The van der Waals surface area contributed by atoms with Gasteiger partial charge in [0.2, 0.25) is 0 Å². The van der Waals surface area contributed by atoms with E-state index in [2.05, 4.69) is 15.2 Å². The predicted molar refractivity (Wildman–Crippen MR) is 58.0 cm³/mol. The molecule has 0 bridgehead atoms. The molecule has 0 fully saturated rings. The smallest absolute Gasteiger partial charge is 0.170 e. The summed E-state index contributed by atoms with van der Waals surface area (Å²) >= 11 is 0. The zero-order valence-corrected chi connectivity index (χ0v) is 8.79. The molecule has 0 radical (unpaired) electrons. The molecule has 0 aliphatic heterocycles. The fourth-order valence-electron chi connectivity index (χ4n) is 1.45. The van der Waals surface area contributed by atoms with Crippen molar-refractivity contribution >= 4 is 5.84 Å². The van der Waals surface area contributed by atoms with Crippen LogP contribution in [0.1, 0.15) is 11.1 Å². The molecule has 2 rings (SSSR count). The molecule has 1 aromatic carbocycles. The summed E-state index contributed by atoms with van der Waals surface area (Å²) in [6.45, 7) is 0.365. The van der Waals surface area contributed by atoms with Gasteiger partial charge in [0.05, 0.1) is 6.54 Å². The maximum atomic E-state index is 13.3. The molecule has 2 aromatic rings. The molecule has 0 saturated heterocycles. The summed E-state index contributed by atoms with van der Waals surface area (Å²) in [6, 6.07) is 4.18. The highest BCUT2D eigenvalue weighted by Crippen LogP contribution is 2.10. The average Bonchev–Trinajstić information content (AvgIpc) is 2.80. The quantitative estimate of drug-likeness (QED) is 0.352. The first kappa shape index (κ1) is 11.1. The number of amidine groups is 1. The highest BCUT2D eigenvalue weighted by atomic mass is 19.1. The van der Waals surface area contributed by atoms with E-state index < -0.39 is 5.82 Å². The molecule has 6 nitrogen and oxygen atoms in total. The third kappa shape index (κ3) is 2.57. The number of benzene rings is 1. The Morgan fingerprint density at radius 3 is 2.94 bits per heavy atom. The second-order valence-corrected chi connectivity index (χ2v) is 3.43. The van der Waals surface area contributed by atoms with Crippen LogP contribution in [0, 0.1) is 5.82 Å². The first-order valence-corrected chi connectivity index (χ1v) is 4.79. The largest absolute Gasteiger partial charge is 0.409 e. The Morgan fingerprint density at radius 2 is 2.29 bits per heavy atom. The molecular formula is C10H10FN5O. The van der Waals surface area contributed by atoms with Crippen LogP contribution < -0.4 is 5.73 Å². The number of aromatic nitrogens is 3. The highest BCUT2D eigenvalue weighted by Gasteiger charge is 2.05. The number of hydrogen-bond donors (Lipinski definition) is 2. The van der Waals surface area contributed by atoms with Gasteiger partial charge < -0.3 is 10.9 Å². The van der Waals surface area contributed by atoms with Crippen LogP contribution >= 0.6 is 0 Å². The first-order chi connectivity index (χ1) is 8.19. The van der Waals surface area contributed by atoms with Crippen molar-refractivity contribution in [3.63, 3.8) is 0 Å². The van der Waals surface area contributed by atoms with Crippen LogP contribution in [-0.2, 0) is 6.54 Å². The maximum absolute atomic E-state index is 13.3. The van der Waals surface area contributed by atoms with Crippen molar-refractivity contribution in [2.75, 3.05) is 0 Å². The van der Waals surface area contributed by atoms with Gasteiger partial charge in [0.25, 0.3) is 0 Å². The minimum atomic E-state index is -0.454.